The summed E-state index contributed by atoms with van der Waals surface area (Å²) in [5.41, 5.74) is 3.08. The van der Waals surface area contributed by atoms with Crippen molar-refractivity contribution in [2.45, 2.75) is 26.9 Å². The van der Waals surface area contributed by atoms with Crippen molar-refractivity contribution in [2.75, 3.05) is 20.8 Å². The number of rotatable bonds is 9. The lowest BCUT2D eigenvalue weighted by Gasteiger charge is -2.15. The van der Waals surface area contributed by atoms with E-state index in [2.05, 4.69) is 10.2 Å². The standard InChI is InChI=1S/C26H26N2O6/c1-6-32-25(17-7-9-18(10-8-17)26-28-27-16(3)33-26)24(29)21-12-11-20(34-21)19-13-22(30-4)15(2)23(14-19)31-5/h7-14,25H,6H2,1-5H3. The maximum atomic E-state index is 13.3. The van der Waals surface area contributed by atoms with Crippen molar-refractivity contribution in [3.63, 3.8) is 0 Å². The van der Waals surface area contributed by atoms with E-state index in [0.29, 0.717) is 41.2 Å². The second kappa shape index (κ2) is 9.93. The predicted octanol–water partition coefficient (Wildman–Crippen LogP) is 5.59. The van der Waals surface area contributed by atoms with E-state index in [1.165, 1.54) is 0 Å². The van der Waals surface area contributed by atoms with Gasteiger partial charge in [-0.3, -0.25) is 4.79 Å². The molecule has 0 saturated heterocycles. The zero-order valence-electron chi connectivity index (χ0n) is 19.7. The van der Waals surface area contributed by atoms with Gasteiger partial charge in [-0.1, -0.05) is 12.1 Å². The summed E-state index contributed by atoms with van der Waals surface area (Å²) >= 11 is 0. The molecule has 0 bridgehead atoms. The molecule has 1 unspecified atom stereocenters. The molecule has 2 aromatic carbocycles. The molecule has 0 aliphatic carbocycles. The molecule has 34 heavy (non-hydrogen) atoms. The van der Waals surface area contributed by atoms with E-state index in [1.807, 2.05) is 50.2 Å². The second-order valence-corrected chi connectivity index (χ2v) is 7.62. The Kier molecular flexibility index (Phi) is 6.79. The fourth-order valence-corrected chi connectivity index (χ4v) is 3.69. The van der Waals surface area contributed by atoms with Crippen molar-refractivity contribution in [3.8, 4) is 34.3 Å². The molecule has 0 amide bonds. The SMILES string of the molecule is CCOC(C(=O)c1ccc(-c2cc(OC)c(C)c(OC)c2)o1)c1ccc(-c2nnc(C)o2)cc1. The summed E-state index contributed by atoms with van der Waals surface area (Å²) in [6.07, 6.45) is -0.815. The topological polar surface area (TPSA) is 96.8 Å². The van der Waals surface area contributed by atoms with E-state index in [9.17, 15) is 4.79 Å². The number of furan rings is 1. The van der Waals surface area contributed by atoms with Gasteiger partial charge in [0.15, 0.2) is 5.76 Å². The van der Waals surface area contributed by atoms with Crippen LogP contribution in [0.1, 0.15) is 40.6 Å². The smallest absolute Gasteiger partial charge is 0.247 e. The third-order valence-electron chi connectivity index (χ3n) is 5.44. The third kappa shape index (κ3) is 4.58. The van der Waals surface area contributed by atoms with Gasteiger partial charge in [-0.25, -0.2) is 0 Å². The van der Waals surface area contributed by atoms with Gasteiger partial charge in [-0.2, -0.15) is 0 Å². The predicted molar refractivity (Wildman–Crippen MR) is 125 cm³/mol. The molecule has 0 aliphatic rings. The number of carbonyl (C=O) groups excluding carboxylic acids is 1. The third-order valence-corrected chi connectivity index (χ3v) is 5.44. The quantitative estimate of drug-likeness (QED) is 0.297. The van der Waals surface area contributed by atoms with Gasteiger partial charge in [0, 0.05) is 30.2 Å². The van der Waals surface area contributed by atoms with E-state index in [-0.39, 0.29) is 11.5 Å². The molecule has 0 fully saturated rings. The lowest BCUT2D eigenvalue weighted by molar-refractivity contribution is 0.0429. The molecule has 4 rings (SSSR count). The largest absolute Gasteiger partial charge is 0.496 e. The number of methoxy groups -OCH3 is 2. The van der Waals surface area contributed by atoms with Crippen LogP contribution in [0.2, 0.25) is 0 Å². The summed E-state index contributed by atoms with van der Waals surface area (Å²) in [5, 5.41) is 7.87. The van der Waals surface area contributed by atoms with E-state index in [1.54, 1.807) is 33.3 Å². The number of ether oxygens (including phenoxy) is 3. The number of aryl methyl sites for hydroxylation is 1. The first-order valence-corrected chi connectivity index (χ1v) is 10.8. The molecule has 0 radical (unpaired) electrons. The van der Waals surface area contributed by atoms with E-state index < -0.39 is 6.10 Å². The van der Waals surface area contributed by atoms with Crippen LogP contribution >= 0.6 is 0 Å². The highest BCUT2D eigenvalue weighted by molar-refractivity contribution is 5.98. The minimum atomic E-state index is -0.815. The summed E-state index contributed by atoms with van der Waals surface area (Å²) < 4.78 is 28.1. The fourth-order valence-electron chi connectivity index (χ4n) is 3.69. The van der Waals surface area contributed by atoms with Gasteiger partial charge in [0.2, 0.25) is 17.6 Å². The molecule has 0 spiro atoms. The molecule has 0 saturated carbocycles. The maximum Gasteiger partial charge on any atom is 0.247 e. The van der Waals surface area contributed by atoms with Crippen LogP contribution in [0.15, 0.2) is 57.4 Å². The Labute approximate surface area is 197 Å². The van der Waals surface area contributed by atoms with Gasteiger partial charge >= 0.3 is 0 Å². The summed E-state index contributed by atoms with van der Waals surface area (Å²) in [6, 6.07) is 14.4. The van der Waals surface area contributed by atoms with Crippen LogP contribution in [0.25, 0.3) is 22.8 Å². The van der Waals surface area contributed by atoms with Crippen molar-refractivity contribution in [1.82, 2.24) is 10.2 Å². The molecular weight excluding hydrogens is 436 g/mol. The first-order chi connectivity index (χ1) is 16.4. The van der Waals surface area contributed by atoms with Crippen molar-refractivity contribution >= 4 is 5.78 Å². The molecule has 2 aromatic heterocycles. The number of carbonyl (C=O) groups is 1. The average Bonchev–Trinajstić information content (AvgIpc) is 3.52. The highest BCUT2D eigenvalue weighted by atomic mass is 16.5. The van der Waals surface area contributed by atoms with Crippen molar-refractivity contribution in [1.29, 1.82) is 0 Å². The van der Waals surface area contributed by atoms with Crippen LogP contribution in [-0.4, -0.2) is 36.8 Å². The lowest BCUT2D eigenvalue weighted by atomic mass is 10.0. The zero-order valence-corrected chi connectivity index (χ0v) is 19.7. The van der Waals surface area contributed by atoms with Gasteiger partial charge in [-0.05, 0) is 55.8 Å². The molecule has 2 heterocycles. The summed E-state index contributed by atoms with van der Waals surface area (Å²) in [4.78, 5) is 13.3. The number of ketones is 1. The molecule has 4 aromatic rings. The van der Waals surface area contributed by atoms with E-state index in [0.717, 1.165) is 16.7 Å². The first kappa shape index (κ1) is 23.3. The number of benzene rings is 2. The average molecular weight is 463 g/mol. The first-order valence-electron chi connectivity index (χ1n) is 10.8. The van der Waals surface area contributed by atoms with E-state index >= 15 is 0 Å². The highest BCUT2D eigenvalue weighted by Crippen LogP contribution is 2.36. The minimum absolute atomic E-state index is 0.198. The summed E-state index contributed by atoms with van der Waals surface area (Å²) in [6.45, 7) is 5.85. The Morgan fingerprint density at radius 2 is 1.59 bits per heavy atom. The van der Waals surface area contributed by atoms with Crippen molar-refractivity contribution in [3.05, 3.63) is 71.3 Å². The molecule has 0 N–H and O–H groups in total. The Balaban J connectivity index is 1.61. The molecular formula is C26H26N2O6. The lowest BCUT2D eigenvalue weighted by Crippen LogP contribution is -2.16. The Morgan fingerprint density at radius 3 is 2.15 bits per heavy atom. The fraction of sp³-hybridized carbons (Fsp3) is 0.269. The van der Waals surface area contributed by atoms with Crippen LogP contribution in [0.3, 0.4) is 0 Å². The number of aromatic nitrogens is 2. The van der Waals surface area contributed by atoms with Crippen LogP contribution < -0.4 is 9.47 Å². The minimum Gasteiger partial charge on any atom is -0.496 e. The highest BCUT2D eigenvalue weighted by Gasteiger charge is 2.26. The van der Waals surface area contributed by atoms with Gasteiger partial charge in [0.1, 0.15) is 23.4 Å². The summed E-state index contributed by atoms with van der Waals surface area (Å²) in [5.74, 6) is 2.69. The molecule has 8 heteroatoms. The van der Waals surface area contributed by atoms with Crippen LogP contribution in [0.5, 0.6) is 11.5 Å². The number of hydrogen-bond acceptors (Lipinski definition) is 8. The van der Waals surface area contributed by atoms with Crippen LogP contribution in [0, 0.1) is 13.8 Å². The number of nitrogens with zero attached hydrogens (tertiary/aromatic N) is 2. The van der Waals surface area contributed by atoms with Gasteiger partial charge < -0.3 is 23.0 Å². The van der Waals surface area contributed by atoms with Gasteiger partial charge in [0.05, 0.1) is 14.2 Å². The van der Waals surface area contributed by atoms with Gasteiger partial charge in [-0.15, -0.1) is 10.2 Å². The number of hydrogen-bond donors (Lipinski definition) is 0. The molecule has 8 nitrogen and oxygen atoms in total. The zero-order chi connectivity index (χ0) is 24.2. The normalized spacial score (nSPS) is 11.9. The Bertz CT molecular complexity index is 1260. The second-order valence-electron chi connectivity index (χ2n) is 7.62. The van der Waals surface area contributed by atoms with Crippen LogP contribution in [0.4, 0.5) is 0 Å². The molecule has 1 atom stereocenters. The summed E-state index contributed by atoms with van der Waals surface area (Å²) in [7, 11) is 3.19. The molecule has 0 aliphatic heterocycles. The number of Topliss-reactive ketones (excluding diaryl/α,β-unsaturated/α-hetero) is 1. The Morgan fingerprint density at radius 1 is 0.912 bits per heavy atom. The molecule has 176 valence electrons. The Hall–Kier alpha value is -3.91. The van der Waals surface area contributed by atoms with Crippen molar-refractivity contribution in [2.24, 2.45) is 0 Å². The maximum absolute atomic E-state index is 13.3. The van der Waals surface area contributed by atoms with Crippen molar-refractivity contribution < 1.29 is 27.8 Å². The monoisotopic (exact) mass is 462 g/mol. The van der Waals surface area contributed by atoms with Crippen LogP contribution in [-0.2, 0) is 4.74 Å². The van der Waals surface area contributed by atoms with Gasteiger partial charge in [0.25, 0.3) is 0 Å². The van der Waals surface area contributed by atoms with E-state index in [4.69, 9.17) is 23.0 Å².